The summed E-state index contributed by atoms with van der Waals surface area (Å²) in [4.78, 5) is 3.88. The highest BCUT2D eigenvalue weighted by Gasteiger charge is 2.04. The van der Waals surface area contributed by atoms with Crippen LogP contribution < -0.4 is 5.73 Å². The Morgan fingerprint density at radius 3 is 2.91 bits per heavy atom. The van der Waals surface area contributed by atoms with Crippen molar-refractivity contribution in [2.24, 2.45) is 0 Å². The van der Waals surface area contributed by atoms with Crippen molar-refractivity contribution in [2.45, 2.75) is 13.3 Å². The summed E-state index contributed by atoms with van der Waals surface area (Å²) in [5.74, 6) is 0.453. The summed E-state index contributed by atoms with van der Waals surface area (Å²) in [7, 11) is 0. The lowest BCUT2D eigenvalue weighted by atomic mass is 10.2. The molecule has 0 radical (unpaired) electrons. The van der Waals surface area contributed by atoms with Crippen LogP contribution in [0, 0.1) is 0 Å². The van der Waals surface area contributed by atoms with Crippen molar-refractivity contribution in [1.82, 2.24) is 4.98 Å². The second kappa shape index (κ2) is 3.41. The molecule has 0 aliphatic rings. The summed E-state index contributed by atoms with van der Waals surface area (Å²) in [6, 6.07) is 1.81. The number of aromatic nitrogens is 1. The Labute approximate surface area is 78.9 Å². The zero-order valence-corrected chi connectivity index (χ0v) is 8.41. The molecule has 0 saturated carbocycles. The van der Waals surface area contributed by atoms with Crippen LogP contribution in [0.1, 0.15) is 12.5 Å². The first-order chi connectivity index (χ1) is 5.15. The molecule has 0 atom stereocenters. The van der Waals surface area contributed by atoms with E-state index in [9.17, 15) is 0 Å². The Hall–Kier alpha value is -0.280. The lowest BCUT2D eigenvalue weighted by Crippen LogP contribution is -1.95. The molecule has 0 fully saturated rings. The molecular formula is C7H8BrClN2. The normalized spacial score (nSPS) is 10.1. The maximum atomic E-state index is 5.69. The van der Waals surface area contributed by atoms with E-state index < -0.39 is 0 Å². The van der Waals surface area contributed by atoms with Crippen LogP contribution in [0.15, 0.2) is 10.5 Å². The minimum absolute atomic E-state index is 0.447. The highest BCUT2D eigenvalue weighted by molar-refractivity contribution is 9.10. The van der Waals surface area contributed by atoms with Crippen LogP contribution >= 0.6 is 27.5 Å². The van der Waals surface area contributed by atoms with E-state index in [1.807, 2.05) is 13.0 Å². The molecule has 4 heteroatoms. The number of pyridine rings is 1. The zero-order valence-electron chi connectivity index (χ0n) is 6.06. The monoisotopic (exact) mass is 234 g/mol. The van der Waals surface area contributed by atoms with Crippen LogP contribution in [0.5, 0.6) is 0 Å². The Kier molecular flexibility index (Phi) is 2.73. The van der Waals surface area contributed by atoms with Gasteiger partial charge in [-0.15, -0.1) is 0 Å². The van der Waals surface area contributed by atoms with Gasteiger partial charge in [0.1, 0.15) is 11.0 Å². The third-order valence-corrected chi connectivity index (χ3v) is 2.52. The van der Waals surface area contributed by atoms with Gasteiger partial charge in [0.25, 0.3) is 0 Å². The van der Waals surface area contributed by atoms with Gasteiger partial charge in [-0.05, 0) is 34.0 Å². The molecular weight excluding hydrogens is 227 g/mol. The first-order valence-electron chi connectivity index (χ1n) is 3.25. The van der Waals surface area contributed by atoms with Gasteiger partial charge in [0.15, 0.2) is 0 Å². The van der Waals surface area contributed by atoms with Crippen molar-refractivity contribution in [2.75, 3.05) is 5.73 Å². The smallest absolute Gasteiger partial charge is 0.139 e. The van der Waals surface area contributed by atoms with Crippen molar-refractivity contribution < 1.29 is 0 Å². The van der Waals surface area contributed by atoms with Crippen molar-refractivity contribution in [1.29, 1.82) is 0 Å². The van der Waals surface area contributed by atoms with E-state index in [2.05, 4.69) is 20.9 Å². The fraction of sp³-hybridized carbons (Fsp3) is 0.286. The van der Waals surface area contributed by atoms with Gasteiger partial charge in [-0.25, -0.2) is 4.98 Å². The predicted molar refractivity (Wildman–Crippen MR) is 50.7 cm³/mol. The Bertz CT molecular complexity index is 275. The second-order valence-electron chi connectivity index (χ2n) is 2.16. The summed E-state index contributed by atoms with van der Waals surface area (Å²) >= 11 is 9.02. The minimum atomic E-state index is 0.447. The molecule has 0 aliphatic heterocycles. The van der Waals surface area contributed by atoms with Gasteiger partial charge in [-0.3, -0.25) is 0 Å². The molecule has 0 unspecified atom stereocenters. The largest absolute Gasteiger partial charge is 0.383 e. The van der Waals surface area contributed by atoms with E-state index in [4.69, 9.17) is 17.3 Å². The molecule has 2 nitrogen and oxygen atoms in total. The molecule has 2 N–H and O–H groups in total. The zero-order chi connectivity index (χ0) is 8.43. The molecule has 1 aromatic rings. The van der Waals surface area contributed by atoms with Gasteiger partial charge >= 0.3 is 0 Å². The molecule has 0 amide bonds. The number of rotatable bonds is 1. The first kappa shape index (κ1) is 8.81. The Morgan fingerprint density at radius 2 is 2.36 bits per heavy atom. The van der Waals surface area contributed by atoms with E-state index in [-0.39, 0.29) is 0 Å². The molecule has 1 heterocycles. The molecule has 0 saturated heterocycles. The van der Waals surface area contributed by atoms with Crippen LogP contribution in [0.25, 0.3) is 0 Å². The number of nitrogens with zero attached hydrogens (tertiary/aromatic N) is 1. The van der Waals surface area contributed by atoms with E-state index in [0.29, 0.717) is 11.0 Å². The van der Waals surface area contributed by atoms with Crippen molar-refractivity contribution in [3.63, 3.8) is 0 Å². The van der Waals surface area contributed by atoms with Crippen LogP contribution in [0.4, 0.5) is 5.82 Å². The molecule has 0 spiro atoms. The molecule has 0 bridgehead atoms. The average Bonchev–Trinajstić information content (AvgIpc) is 1.96. The van der Waals surface area contributed by atoms with Crippen LogP contribution in [0.3, 0.4) is 0 Å². The maximum absolute atomic E-state index is 5.69. The Morgan fingerprint density at radius 1 is 1.73 bits per heavy atom. The fourth-order valence-electron chi connectivity index (χ4n) is 0.825. The standard InChI is InChI=1S/C7H8BrClN2/c1-2-4-3-5(9)11-7(10)6(4)8/h3H,2H2,1H3,(H2,10,11). The highest BCUT2D eigenvalue weighted by Crippen LogP contribution is 2.25. The summed E-state index contributed by atoms with van der Waals surface area (Å²) in [5.41, 5.74) is 6.64. The molecule has 60 valence electrons. The average molecular weight is 236 g/mol. The third-order valence-electron chi connectivity index (χ3n) is 1.41. The number of nitrogen functional groups attached to an aromatic ring is 1. The van der Waals surface area contributed by atoms with Crippen LogP contribution in [0.2, 0.25) is 5.15 Å². The van der Waals surface area contributed by atoms with Crippen molar-refractivity contribution >= 4 is 33.3 Å². The van der Waals surface area contributed by atoms with Crippen molar-refractivity contribution in [3.8, 4) is 0 Å². The van der Waals surface area contributed by atoms with Gasteiger partial charge in [-0.1, -0.05) is 18.5 Å². The summed E-state index contributed by atoms with van der Waals surface area (Å²) < 4.78 is 0.851. The van der Waals surface area contributed by atoms with Gasteiger partial charge in [0.05, 0.1) is 4.47 Å². The van der Waals surface area contributed by atoms with E-state index in [1.54, 1.807) is 0 Å². The van der Waals surface area contributed by atoms with Crippen molar-refractivity contribution in [3.05, 3.63) is 21.3 Å². The molecule has 0 aliphatic carbocycles. The number of anilines is 1. The molecule has 1 rings (SSSR count). The predicted octanol–water partition coefficient (Wildman–Crippen LogP) is 2.64. The topological polar surface area (TPSA) is 38.9 Å². The van der Waals surface area contributed by atoms with E-state index in [0.717, 1.165) is 16.5 Å². The molecule has 11 heavy (non-hydrogen) atoms. The van der Waals surface area contributed by atoms with E-state index >= 15 is 0 Å². The van der Waals surface area contributed by atoms with Gasteiger partial charge in [-0.2, -0.15) is 0 Å². The number of nitrogens with two attached hydrogens (primary N) is 1. The summed E-state index contributed by atoms with van der Waals surface area (Å²) in [6.07, 6.45) is 0.896. The molecule has 0 aromatic carbocycles. The summed E-state index contributed by atoms with van der Waals surface area (Å²) in [5, 5.41) is 0.447. The first-order valence-corrected chi connectivity index (χ1v) is 4.42. The van der Waals surface area contributed by atoms with Crippen LogP contribution in [-0.2, 0) is 6.42 Å². The van der Waals surface area contributed by atoms with Gasteiger partial charge in [0.2, 0.25) is 0 Å². The minimum Gasteiger partial charge on any atom is -0.383 e. The highest BCUT2D eigenvalue weighted by atomic mass is 79.9. The fourth-order valence-corrected chi connectivity index (χ4v) is 1.53. The van der Waals surface area contributed by atoms with Crippen LogP contribution in [-0.4, -0.2) is 4.98 Å². The number of hydrogen-bond donors (Lipinski definition) is 1. The number of halogens is 2. The number of hydrogen-bond acceptors (Lipinski definition) is 2. The quantitative estimate of drug-likeness (QED) is 0.760. The van der Waals surface area contributed by atoms with E-state index in [1.165, 1.54) is 0 Å². The lowest BCUT2D eigenvalue weighted by molar-refractivity contribution is 1.11. The third kappa shape index (κ3) is 1.84. The van der Waals surface area contributed by atoms with Gasteiger partial charge in [0, 0.05) is 0 Å². The maximum Gasteiger partial charge on any atom is 0.139 e. The second-order valence-corrected chi connectivity index (χ2v) is 3.34. The Balaban J connectivity index is 3.24. The lowest BCUT2D eigenvalue weighted by Gasteiger charge is -2.03. The molecule has 1 aromatic heterocycles. The van der Waals surface area contributed by atoms with Gasteiger partial charge < -0.3 is 5.73 Å². The number of aryl methyl sites for hydroxylation is 1. The summed E-state index contributed by atoms with van der Waals surface area (Å²) in [6.45, 7) is 2.04. The SMILES string of the molecule is CCc1cc(Cl)nc(N)c1Br.